The van der Waals surface area contributed by atoms with Crippen LogP contribution in [0.3, 0.4) is 0 Å². The summed E-state index contributed by atoms with van der Waals surface area (Å²) < 4.78 is 11.2. The minimum absolute atomic E-state index is 0.437. The highest BCUT2D eigenvalue weighted by Gasteiger charge is 2.00. The van der Waals surface area contributed by atoms with Crippen LogP contribution in [0.5, 0.6) is 11.5 Å². The lowest BCUT2D eigenvalue weighted by Crippen LogP contribution is -2.11. The molecule has 2 N–H and O–H groups in total. The molecule has 0 atom stereocenters. The van der Waals surface area contributed by atoms with Crippen LogP contribution in [-0.2, 0) is 6.42 Å². The minimum atomic E-state index is -0.444. The van der Waals surface area contributed by atoms with E-state index in [-0.39, 0.29) is 0 Å². The smallest absolute Gasteiger partial charge is 0.248 e. The number of aryl methyl sites for hydroxylation is 1. The van der Waals surface area contributed by atoms with Crippen LogP contribution in [-0.4, -0.2) is 19.1 Å². The summed E-state index contributed by atoms with van der Waals surface area (Å²) in [6.07, 6.45) is 0.986. The number of hydrogen-bond acceptors (Lipinski definition) is 3. The van der Waals surface area contributed by atoms with Crippen molar-refractivity contribution >= 4 is 5.91 Å². The van der Waals surface area contributed by atoms with Crippen LogP contribution in [0.15, 0.2) is 48.5 Å². The fraction of sp³-hybridized carbons (Fsp3) is 0.235. The fourth-order valence-electron chi connectivity index (χ4n) is 1.89. The fourth-order valence-corrected chi connectivity index (χ4v) is 1.89. The molecule has 0 saturated heterocycles. The van der Waals surface area contributed by atoms with Gasteiger partial charge in [0, 0.05) is 5.56 Å². The minimum Gasteiger partial charge on any atom is -0.490 e. The molecule has 0 fully saturated rings. The van der Waals surface area contributed by atoms with E-state index in [0.717, 1.165) is 12.2 Å². The maximum absolute atomic E-state index is 10.9. The van der Waals surface area contributed by atoms with Gasteiger partial charge in [0.05, 0.1) is 0 Å². The van der Waals surface area contributed by atoms with E-state index in [4.69, 9.17) is 15.2 Å². The van der Waals surface area contributed by atoms with Crippen molar-refractivity contribution in [3.05, 3.63) is 59.7 Å². The molecular formula is C17H19NO3. The number of benzene rings is 2. The number of hydrogen-bond donors (Lipinski definition) is 1. The largest absolute Gasteiger partial charge is 0.490 e. The summed E-state index contributed by atoms with van der Waals surface area (Å²) in [5.74, 6) is 1.09. The average molecular weight is 285 g/mol. The van der Waals surface area contributed by atoms with Crippen molar-refractivity contribution in [1.82, 2.24) is 0 Å². The van der Waals surface area contributed by atoms with E-state index < -0.39 is 5.91 Å². The molecular weight excluding hydrogens is 266 g/mol. The van der Waals surface area contributed by atoms with Crippen molar-refractivity contribution in [2.45, 2.75) is 13.3 Å². The van der Waals surface area contributed by atoms with Crippen molar-refractivity contribution < 1.29 is 14.3 Å². The molecule has 0 saturated carbocycles. The van der Waals surface area contributed by atoms with Crippen LogP contribution in [0.2, 0.25) is 0 Å². The summed E-state index contributed by atoms with van der Waals surface area (Å²) in [4.78, 5) is 10.9. The summed E-state index contributed by atoms with van der Waals surface area (Å²) in [7, 11) is 0. The van der Waals surface area contributed by atoms with E-state index in [0.29, 0.717) is 24.5 Å². The van der Waals surface area contributed by atoms with E-state index >= 15 is 0 Å². The third-order valence-electron chi connectivity index (χ3n) is 3.07. The van der Waals surface area contributed by atoms with Crippen LogP contribution in [0.4, 0.5) is 0 Å². The molecule has 0 unspecified atom stereocenters. The lowest BCUT2D eigenvalue weighted by atomic mass is 10.2. The molecule has 0 aliphatic rings. The predicted octanol–water partition coefficient (Wildman–Crippen LogP) is 2.81. The first-order valence-electron chi connectivity index (χ1n) is 6.93. The van der Waals surface area contributed by atoms with Gasteiger partial charge in [-0.1, -0.05) is 19.1 Å². The van der Waals surface area contributed by atoms with Gasteiger partial charge in [-0.2, -0.15) is 0 Å². The second kappa shape index (κ2) is 7.33. The summed E-state index contributed by atoms with van der Waals surface area (Å²) in [5, 5.41) is 0. The predicted molar refractivity (Wildman–Crippen MR) is 81.8 cm³/mol. The molecule has 1 amide bonds. The van der Waals surface area contributed by atoms with Crippen LogP contribution >= 0.6 is 0 Å². The molecule has 2 aromatic carbocycles. The van der Waals surface area contributed by atoms with Crippen LogP contribution in [0, 0.1) is 0 Å². The standard InChI is InChI=1S/C17H19NO3/c1-2-13-4-3-5-16(12-13)21-11-10-20-15-8-6-14(7-9-15)17(18)19/h3-9,12H,2,10-11H2,1H3,(H2,18,19). The molecule has 2 aromatic rings. The number of ether oxygens (including phenoxy) is 2. The molecule has 2 rings (SSSR count). The maximum Gasteiger partial charge on any atom is 0.248 e. The molecule has 0 aromatic heterocycles. The van der Waals surface area contributed by atoms with Gasteiger partial charge in [-0.15, -0.1) is 0 Å². The highest BCUT2D eigenvalue weighted by molar-refractivity contribution is 5.92. The van der Waals surface area contributed by atoms with Gasteiger partial charge in [-0.05, 0) is 48.4 Å². The molecule has 0 bridgehead atoms. The normalized spacial score (nSPS) is 10.1. The van der Waals surface area contributed by atoms with Gasteiger partial charge >= 0.3 is 0 Å². The van der Waals surface area contributed by atoms with Crippen molar-refractivity contribution in [2.75, 3.05) is 13.2 Å². The third kappa shape index (κ3) is 4.53. The molecule has 0 aliphatic heterocycles. The highest BCUT2D eigenvalue weighted by Crippen LogP contribution is 2.14. The number of nitrogens with two attached hydrogens (primary N) is 1. The Morgan fingerprint density at radius 2 is 1.67 bits per heavy atom. The first kappa shape index (κ1) is 14.9. The second-order valence-corrected chi connectivity index (χ2v) is 4.59. The van der Waals surface area contributed by atoms with E-state index in [1.165, 1.54) is 5.56 Å². The van der Waals surface area contributed by atoms with Gasteiger partial charge < -0.3 is 15.2 Å². The van der Waals surface area contributed by atoms with Gasteiger partial charge in [0.15, 0.2) is 0 Å². The van der Waals surface area contributed by atoms with Crippen LogP contribution < -0.4 is 15.2 Å². The van der Waals surface area contributed by atoms with Crippen LogP contribution in [0.1, 0.15) is 22.8 Å². The average Bonchev–Trinajstić information content (AvgIpc) is 2.52. The quantitative estimate of drug-likeness (QED) is 0.796. The number of primary amides is 1. The molecule has 110 valence electrons. The Kier molecular flexibility index (Phi) is 5.21. The van der Waals surface area contributed by atoms with Gasteiger partial charge in [-0.25, -0.2) is 0 Å². The number of carbonyl (C=O) groups excluding carboxylic acids is 1. The number of rotatable bonds is 7. The Morgan fingerprint density at radius 1 is 1.00 bits per heavy atom. The summed E-state index contributed by atoms with van der Waals surface area (Å²) in [6, 6.07) is 14.7. The Balaban J connectivity index is 1.77. The van der Waals surface area contributed by atoms with E-state index in [2.05, 4.69) is 13.0 Å². The zero-order valence-corrected chi connectivity index (χ0v) is 12.0. The molecule has 4 heteroatoms. The Morgan fingerprint density at radius 3 is 2.29 bits per heavy atom. The van der Waals surface area contributed by atoms with Gasteiger partial charge in [0.1, 0.15) is 24.7 Å². The van der Waals surface area contributed by atoms with Crippen molar-refractivity contribution in [1.29, 1.82) is 0 Å². The number of carbonyl (C=O) groups is 1. The SMILES string of the molecule is CCc1cccc(OCCOc2ccc(C(N)=O)cc2)c1. The van der Waals surface area contributed by atoms with Crippen LogP contribution in [0.25, 0.3) is 0 Å². The summed E-state index contributed by atoms with van der Waals surface area (Å²) in [5.41, 5.74) is 6.89. The lowest BCUT2D eigenvalue weighted by molar-refractivity contribution is 0.1000. The molecule has 0 heterocycles. The molecule has 0 aliphatic carbocycles. The first-order valence-corrected chi connectivity index (χ1v) is 6.93. The molecule has 21 heavy (non-hydrogen) atoms. The highest BCUT2D eigenvalue weighted by atomic mass is 16.5. The second-order valence-electron chi connectivity index (χ2n) is 4.59. The zero-order chi connectivity index (χ0) is 15.1. The zero-order valence-electron chi connectivity index (χ0n) is 12.0. The third-order valence-corrected chi connectivity index (χ3v) is 3.07. The van der Waals surface area contributed by atoms with E-state index in [9.17, 15) is 4.79 Å². The summed E-state index contributed by atoms with van der Waals surface area (Å²) >= 11 is 0. The number of amides is 1. The van der Waals surface area contributed by atoms with Gasteiger partial charge in [0.2, 0.25) is 5.91 Å². The maximum atomic E-state index is 10.9. The Bertz CT molecular complexity index is 593. The van der Waals surface area contributed by atoms with Gasteiger partial charge in [0.25, 0.3) is 0 Å². The topological polar surface area (TPSA) is 61.6 Å². The van der Waals surface area contributed by atoms with Gasteiger partial charge in [-0.3, -0.25) is 4.79 Å². The van der Waals surface area contributed by atoms with Crippen molar-refractivity contribution in [3.8, 4) is 11.5 Å². The van der Waals surface area contributed by atoms with E-state index in [1.54, 1.807) is 24.3 Å². The lowest BCUT2D eigenvalue weighted by Gasteiger charge is -2.09. The Hall–Kier alpha value is -2.49. The van der Waals surface area contributed by atoms with Crippen molar-refractivity contribution in [3.63, 3.8) is 0 Å². The summed E-state index contributed by atoms with van der Waals surface area (Å²) in [6.45, 7) is 3.01. The molecule has 4 nitrogen and oxygen atoms in total. The van der Waals surface area contributed by atoms with E-state index in [1.807, 2.05) is 18.2 Å². The first-order chi connectivity index (χ1) is 10.2. The van der Waals surface area contributed by atoms with Crippen molar-refractivity contribution in [2.24, 2.45) is 5.73 Å². The Labute approximate surface area is 124 Å². The molecule has 0 spiro atoms. The molecule has 0 radical (unpaired) electrons. The monoisotopic (exact) mass is 285 g/mol.